The Morgan fingerprint density at radius 1 is 1.03 bits per heavy atom. The number of benzene rings is 3. The molecule has 0 aromatic heterocycles. The van der Waals surface area contributed by atoms with Gasteiger partial charge >= 0.3 is 10.1 Å². The molecule has 7 nitrogen and oxygen atoms in total. The van der Waals surface area contributed by atoms with Gasteiger partial charge in [-0.1, -0.05) is 12.1 Å². The first-order valence-corrected chi connectivity index (χ1v) is 12.2. The molecule has 0 aliphatic heterocycles. The summed E-state index contributed by atoms with van der Waals surface area (Å²) in [6.07, 6.45) is 1.41. The Bertz CT molecular complexity index is 1410. The Hall–Kier alpha value is -3.61. The Kier molecular flexibility index (Phi) is 7.76. The molecule has 0 saturated carbocycles. The number of rotatable bonds is 7. The summed E-state index contributed by atoms with van der Waals surface area (Å²) in [4.78, 5) is 12.5. The molecule has 3 aromatic carbocycles. The van der Waals surface area contributed by atoms with Crippen LogP contribution in [-0.2, 0) is 14.9 Å². The van der Waals surface area contributed by atoms with Gasteiger partial charge in [-0.15, -0.1) is 0 Å². The Morgan fingerprint density at radius 2 is 1.74 bits per heavy atom. The molecule has 174 valence electrons. The fraction of sp³-hybridized carbons (Fsp3) is 0.120. The number of hydrogen-bond donors (Lipinski definition) is 1. The fourth-order valence-electron chi connectivity index (χ4n) is 2.92. The van der Waals surface area contributed by atoms with Crippen LogP contribution in [0.25, 0.3) is 6.08 Å². The van der Waals surface area contributed by atoms with Crippen molar-refractivity contribution in [2.45, 2.75) is 18.7 Å². The van der Waals surface area contributed by atoms with Crippen LogP contribution in [0.5, 0.6) is 11.5 Å². The molecule has 0 fully saturated rings. The predicted molar refractivity (Wildman–Crippen MR) is 133 cm³/mol. The Morgan fingerprint density at radius 3 is 2.32 bits per heavy atom. The van der Waals surface area contributed by atoms with Gasteiger partial charge in [0.1, 0.15) is 22.3 Å². The van der Waals surface area contributed by atoms with E-state index in [0.717, 1.165) is 11.1 Å². The zero-order chi connectivity index (χ0) is 24.9. The zero-order valence-electron chi connectivity index (χ0n) is 18.6. The summed E-state index contributed by atoms with van der Waals surface area (Å²) in [5.41, 5.74) is 3.10. The number of nitriles is 1. The van der Waals surface area contributed by atoms with Gasteiger partial charge in [-0.3, -0.25) is 4.79 Å². The monoisotopic (exact) mass is 540 g/mol. The SMILES string of the molecule is COc1ccc(S(=O)(=O)Oc2ccc(/C=C(\C#N)C(=O)Nc3ccc(C)c(C)c3)cc2Br)cc1. The summed E-state index contributed by atoms with van der Waals surface area (Å²) >= 11 is 3.29. The van der Waals surface area contributed by atoms with Gasteiger partial charge in [0.15, 0.2) is 5.75 Å². The first-order chi connectivity index (χ1) is 16.1. The van der Waals surface area contributed by atoms with Gasteiger partial charge in [-0.2, -0.15) is 13.7 Å². The number of hydrogen-bond acceptors (Lipinski definition) is 6. The minimum Gasteiger partial charge on any atom is -0.497 e. The smallest absolute Gasteiger partial charge is 0.339 e. The van der Waals surface area contributed by atoms with Gasteiger partial charge in [0.2, 0.25) is 0 Å². The van der Waals surface area contributed by atoms with Crippen molar-refractivity contribution in [1.29, 1.82) is 5.26 Å². The van der Waals surface area contributed by atoms with E-state index >= 15 is 0 Å². The molecule has 0 saturated heterocycles. The van der Waals surface area contributed by atoms with Crippen molar-refractivity contribution in [3.05, 3.63) is 87.4 Å². The van der Waals surface area contributed by atoms with Gasteiger partial charge in [-0.05, 0) is 101 Å². The number of nitrogens with zero attached hydrogens (tertiary/aromatic N) is 1. The van der Waals surface area contributed by atoms with Crippen LogP contribution in [0.4, 0.5) is 5.69 Å². The Balaban J connectivity index is 1.79. The highest BCUT2D eigenvalue weighted by Crippen LogP contribution is 2.30. The van der Waals surface area contributed by atoms with E-state index in [1.54, 1.807) is 18.2 Å². The van der Waals surface area contributed by atoms with Gasteiger partial charge in [0, 0.05) is 5.69 Å². The van der Waals surface area contributed by atoms with Gasteiger partial charge in [0.25, 0.3) is 5.91 Å². The van der Waals surface area contributed by atoms with Crippen molar-refractivity contribution in [1.82, 2.24) is 0 Å². The van der Waals surface area contributed by atoms with E-state index in [1.165, 1.54) is 43.5 Å². The quantitative estimate of drug-likeness (QED) is 0.244. The molecule has 1 N–H and O–H groups in total. The molecule has 0 spiro atoms. The van der Waals surface area contributed by atoms with E-state index in [2.05, 4.69) is 21.2 Å². The van der Waals surface area contributed by atoms with Gasteiger partial charge in [-0.25, -0.2) is 0 Å². The third-order valence-corrected chi connectivity index (χ3v) is 6.81. The van der Waals surface area contributed by atoms with Crippen molar-refractivity contribution in [3.8, 4) is 17.6 Å². The highest BCUT2D eigenvalue weighted by molar-refractivity contribution is 9.10. The molecule has 9 heteroatoms. The number of methoxy groups -OCH3 is 1. The number of carbonyl (C=O) groups excluding carboxylic acids is 1. The minimum absolute atomic E-state index is 0.0287. The van der Waals surface area contributed by atoms with Crippen LogP contribution in [0.3, 0.4) is 0 Å². The molecule has 0 bridgehead atoms. The van der Waals surface area contributed by atoms with Crippen LogP contribution in [0.15, 0.2) is 75.6 Å². The summed E-state index contributed by atoms with van der Waals surface area (Å²) in [5.74, 6) is 0.0291. The van der Waals surface area contributed by atoms with Crippen molar-refractivity contribution in [2.24, 2.45) is 0 Å². The van der Waals surface area contributed by atoms with Crippen LogP contribution < -0.4 is 14.2 Å². The molecule has 3 rings (SSSR count). The minimum atomic E-state index is -4.07. The molecule has 1 amide bonds. The summed E-state index contributed by atoms with van der Waals surface area (Å²) in [6, 6.07) is 17.7. The molecule has 34 heavy (non-hydrogen) atoms. The lowest BCUT2D eigenvalue weighted by Crippen LogP contribution is -2.13. The molecule has 0 aliphatic rings. The summed E-state index contributed by atoms with van der Waals surface area (Å²) < 4.78 is 35.8. The second-order valence-electron chi connectivity index (χ2n) is 7.33. The molecule has 0 aliphatic carbocycles. The number of nitrogens with one attached hydrogen (secondary N) is 1. The zero-order valence-corrected chi connectivity index (χ0v) is 21.0. The Labute approximate surface area is 206 Å². The fourth-order valence-corrected chi connectivity index (χ4v) is 4.45. The van der Waals surface area contributed by atoms with Gasteiger partial charge in [0.05, 0.1) is 11.6 Å². The second-order valence-corrected chi connectivity index (χ2v) is 9.73. The van der Waals surface area contributed by atoms with Crippen LogP contribution in [0.2, 0.25) is 0 Å². The van der Waals surface area contributed by atoms with Crippen molar-refractivity contribution in [2.75, 3.05) is 12.4 Å². The molecule has 0 unspecified atom stereocenters. The van der Waals surface area contributed by atoms with E-state index in [0.29, 0.717) is 21.5 Å². The number of anilines is 1. The van der Waals surface area contributed by atoms with Crippen LogP contribution in [0.1, 0.15) is 16.7 Å². The first kappa shape index (κ1) is 25.0. The largest absolute Gasteiger partial charge is 0.497 e. The molecule has 0 atom stereocenters. The summed E-state index contributed by atoms with van der Waals surface area (Å²) in [6.45, 7) is 3.90. The molecule has 0 heterocycles. The van der Waals surface area contributed by atoms with Crippen molar-refractivity contribution >= 4 is 43.7 Å². The maximum atomic E-state index is 12.6. The normalized spacial score (nSPS) is 11.4. The number of aryl methyl sites for hydroxylation is 2. The standard InChI is InChI=1S/C25H21BrN2O5S/c1-16-4-6-20(12-17(16)2)28-25(29)19(15-27)13-18-5-11-24(23(26)14-18)33-34(30,31)22-9-7-21(32-3)8-10-22/h4-14H,1-3H3,(H,28,29)/b19-13+. The number of amides is 1. The summed E-state index contributed by atoms with van der Waals surface area (Å²) in [5, 5.41) is 12.2. The highest BCUT2D eigenvalue weighted by Gasteiger charge is 2.19. The topological polar surface area (TPSA) is 105 Å². The van der Waals surface area contributed by atoms with E-state index in [9.17, 15) is 18.5 Å². The van der Waals surface area contributed by atoms with E-state index < -0.39 is 16.0 Å². The number of halogens is 1. The highest BCUT2D eigenvalue weighted by atomic mass is 79.9. The van der Waals surface area contributed by atoms with E-state index in [-0.39, 0.29) is 16.2 Å². The lowest BCUT2D eigenvalue weighted by Gasteiger charge is -2.10. The average Bonchev–Trinajstić information content (AvgIpc) is 2.81. The predicted octanol–water partition coefficient (Wildman–Crippen LogP) is 5.39. The van der Waals surface area contributed by atoms with Gasteiger partial charge < -0.3 is 14.2 Å². The molecular weight excluding hydrogens is 520 g/mol. The van der Waals surface area contributed by atoms with E-state index in [1.807, 2.05) is 32.0 Å². The molecule has 3 aromatic rings. The maximum Gasteiger partial charge on any atom is 0.339 e. The van der Waals surface area contributed by atoms with Crippen molar-refractivity contribution in [3.63, 3.8) is 0 Å². The molecular formula is C25H21BrN2O5S. The first-order valence-electron chi connectivity index (χ1n) is 10.0. The third-order valence-electron chi connectivity index (χ3n) is 4.94. The molecule has 0 radical (unpaired) electrons. The van der Waals surface area contributed by atoms with E-state index in [4.69, 9.17) is 8.92 Å². The number of ether oxygens (including phenoxy) is 1. The average molecular weight is 541 g/mol. The number of carbonyl (C=O) groups is 1. The van der Waals surface area contributed by atoms with Crippen LogP contribution >= 0.6 is 15.9 Å². The lowest BCUT2D eigenvalue weighted by molar-refractivity contribution is -0.112. The van der Waals surface area contributed by atoms with Crippen LogP contribution in [-0.4, -0.2) is 21.4 Å². The van der Waals surface area contributed by atoms with Crippen molar-refractivity contribution < 1.29 is 22.1 Å². The van der Waals surface area contributed by atoms with Crippen LogP contribution in [0, 0.1) is 25.2 Å². The maximum absolute atomic E-state index is 12.6. The summed E-state index contributed by atoms with van der Waals surface area (Å²) in [7, 11) is -2.59. The lowest BCUT2D eigenvalue weighted by atomic mass is 10.1. The third kappa shape index (κ3) is 6.04. The second kappa shape index (κ2) is 10.5.